The van der Waals surface area contributed by atoms with Gasteiger partial charge in [0.05, 0.1) is 24.9 Å². The van der Waals surface area contributed by atoms with Crippen molar-refractivity contribution < 1.29 is 13.8 Å². The minimum atomic E-state index is -0.0599. The van der Waals surface area contributed by atoms with Gasteiger partial charge in [-0.3, -0.25) is 4.90 Å². The summed E-state index contributed by atoms with van der Waals surface area (Å²) in [4.78, 5) is 6.56. The molecule has 0 saturated carbocycles. The molecule has 0 N–H and O–H groups in total. The minimum absolute atomic E-state index is 0.00683. The van der Waals surface area contributed by atoms with E-state index in [0.717, 1.165) is 18.0 Å². The summed E-state index contributed by atoms with van der Waals surface area (Å²) in [5.41, 5.74) is 0.881. The molecular weight excluding hydrogens is 260 g/mol. The highest BCUT2D eigenvalue weighted by molar-refractivity contribution is 5.05. The van der Waals surface area contributed by atoms with Crippen LogP contribution in [0.5, 0.6) is 0 Å². The predicted molar refractivity (Wildman–Crippen MR) is 68.8 cm³/mol. The Kier molecular flexibility index (Phi) is 3.54. The number of hydrogen-bond donors (Lipinski definition) is 0. The molecule has 2 atom stereocenters. The molecule has 2 aromatic rings. The maximum atomic E-state index is 5.71. The van der Waals surface area contributed by atoms with Crippen molar-refractivity contribution in [3.63, 3.8) is 0 Å². The lowest BCUT2D eigenvalue weighted by atomic mass is 10.1. The molecule has 3 heterocycles. The molecule has 1 aliphatic heterocycles. The highest BCUT2D eigenvalue weighted by Crippen LogP contribution is 2.29. The van der Waals surface area contributed by atoms with Crippen LogP contribution < -0.4 is 0 Å². The molecule has 0 amide bonds. The molecule has 20 heavy (non-hydrogen) atoms. The number of rotatable bonds is 3. The maximum absolute atomic E-state index is 5.71. The van der Waals surface area contributed by atoms with Gasteiger partial charge in [0.1, 0.15) is 6.04 Å². The number of ether oxygens (including phenoxy) is 1. The monoisotopic (exact) mass is 278 g/mol. The fourth-order valence-electron chi connectivity index (χ4n) is 2.54. The minimum Gasteiger partial charge on any atom is -0.375 e. The van der Waals surface area contributed by atoms with Gasteiger partial charge in [0.2, 0.25) is 5.89 Å². The quantitative estimate of drug-likeness (QED) is 0.844. The van der Waals surface area contributed by atoms with Gasteiger partial charge >= 0.3 is 0 Å². The van der Waals surface area contributed by atoms with E-state index in [2.05, 4.69) is 20.2 Å². The fraction of sp³-hybridized carbons (Fsp3) is 0.615. The average Bonchev–Trinajstić information content (AvgIpc) is 2.99. The summed E-state index contributed by atoms with van der Waals surface area (Å²) in [5, 5.41) is 7.79. The van der Waals surface area contributed by atoms with Gasteiger partial charge in [0.15, 0.2) is 11.6 Å². The van der Waals surface area contributed by atoms with Crippen LogP contribution in [0.4, 0.5) is 0 Å². The molecule has 1 fully saturated rings. The molecule has 0 spiro atoms. The molecular formula is C13H18N4O3. The molecule has 3 rings (SSSR count). The van der Waals surface area contributed by atoms with Gasteiger partial charge in [-0.15, -0.1) is 0 Å². The highest BCUT2D eigenvalue weighted by atomic mass is 16.5. The molecule has 0 aromatic carbocycles. The molecule has 0 unspecified atom stereocenters. The maximum Gasteiger partial charge on any atom is 0.246 e. The van der Waals surface area contributed by atoms with Crippen LogP contribution in [-0.2, 0) is 11.3 Å². The topological polar surface area (TPSA) is 77.4 Å². The Balaban J connectivity index is 1.82. The Morgan fingerprint density at radius 1 is 1.30 bits per heavy atom. The zero-order valence-corrected chi connectivity index (χ0v) is 11.9. The van der Waals surface area contributed by atoms with Crippen LogP contribution in [0.3, 0.4) is 0 Å². The second-order valence-corrected chi connectivity index (χ2v) is 5.11. The van der Waals surface area contributed by atoms with Crippen LogP contribution >= 0.6 is 0 Å². The summed E-state index contributed by atoms with van der Waals surface area (Å²) in [7, 11) is 0. The lowest BCUT2D eigenvalue weighted by Crippen LogP contribution is -2.43. The smallest absolute Gasteiger partial charge is 0.246 e. The van der Waals surface area contributed by atoms with E-state index in [9.17, 15) is 0 Å². The summed E-state index contributed by atoms with van der Waals surface area (Å²) in [5.74, 6) is 2.05. The van der Waals surface area contributed by atoms with E-state index in [1.807, 2.05) is 26.8 Å². The molecule has 108 valence electrons. The van der Waals surface area contributed by atoms with Gasteiger partial charge in [0.25, 0.3) is 0 Å². The first-order chi connectivity index (χ1) is 9.63. The predicted octanol–water partition coefficient (Wildman–Crippen LogP) is 1.64. The van der Waals surface area contributed by atoms with Crippen molar-refractivity contribution in [1.29, 1.82) is 0 Å². The number of aromatic nitrogens is 3. The van der Waals surface area contributed by atoms with E-state index in [1.165, 1.54) is 0 Å². The Morgan fingerprint density at radius 3 is 2.80 bits per heavy atom. The van der Waals surface area contributed by atoms with Crippen molar-refractivity contribution in [2.45, 2.75) is 39.5 Å². The van der Waals surface area contributed by atoms with Gasteiger partial charge in [-0.2, -0.15) is 4.98 Å². The third kappa shape index (κ3) is 2.59. The van der Waals surface area contributed by atoms with Crippen LogP contribution in [-0.4, -0.2) is 39.5 Å². The van der Waals surface area contributed by atoms with Crippen molar-refractivity contribution >= 4 is 0 Å². The first kappa shape index (κ1) is 13.3. The summed E-state index contributed by atoms with van der Waals surface area (Å²) >= 11 is 0. The van der Waals surface area contributed by atoms with Crippen LogP contribution in [0.25, 0.3) is 0 Å². The Hall–Kier alpha value is -1.73. The molecule has 7 nitrogen and oxygen atoms in total. The van der Waals surface area contributed by atoms with Crippen molar-refractivity contribution in [3.8, 4) is 0 Å². The van der Waals surface area contributed by atoms with Gasteiger partial charge in [-0.25, -0.2) is 0 Å². The van der Waals surface area contributed by atoms with Crippen LogP contribution in [0.2, 0.25) is 0 Å². The van der Waals surface area contributed by atoms with E-state index in [0.29, 0.717) is 24.9 Å². The van der Waals surface area contributed by atoms with E-state index in [4.69, 9.17) is 13.8 Å². The molecule has 0 aliphatic carbocycles. The van der Waals surface area contributed by atoms with Crippen LogP contribution in [0, 0.1) is 13.8 Å². The zero-order chi connectivity index (χ0) is 14.1. The third-order valence-corrected chi connectivity index (χ3v) is 3.43. The fourth-order valence-corrected chi connectivity index (χ4v) is 2.54. The van der Waals surface area contributed by atoms with Crippen LogP contribution in [0.1, 0.15) is 36.1 Å². The molecule has 2 aromatic heterocycles. The van der Waals surface area contributed by atoms with Gasteiger partial charge in [-0.05, 0) is 20.8 Å². The molecule has 1 saturated heterocycles. The van der Waals surface area contributed by atoms with Crippen molar-refractivity contribution in [2.24, 2.45) is 0 Å². The molecule has 0 radical (unpaired) electrons. The van der Waals surface area contributed by atoms with Crippen molar-refractivity contribution in [2.75, 3.05) is 13.2 Å². The van der Waals surface area contributed by atoms with Crippen molar-refractivity contribution in [1.82, 2.24) is 20.2 Å². The van der Waals surface area contributed by atoms with Gasteiger partial charge in [0, 0.05) is 12.6 Å². The van der Waals surface area contributed by atoms with E-state index >= 15 is 0 Å². The van der Waals surface area contributed by atoms with E-state index < -0.39 is 0 Å². The SMILES string of the molecule is Cc1cc(CN2CCO[C@H](C)[C@H]2c2nc(C)no2)on1. The zero-order valence-electron chi connectivity index (χ0n) is 11.9. The Bertz CT molecular complexity index is 580. The molecule has 1 aliphatic rings. The van der Waals surface area contributed by atoms with E-state index in [1.54, 1.807) is 0 Å². The Labute approximate surface area is 116 Å². The lowest BCUT2D eigenvalue weighted by molar-refractivity contribution is -0.0784. The third-order valence-electron chi connectivity index (χ3n) is 3.43. The van der Waals surface area contributed by atoms with E-state index in [-0.39, 0.29) is 12.1 Å². The second kappa shape index (κ2) is 5.34. The van der Waals surface area contributed by atoms with Crippen LogP contribution in [0.15, 0.2) is 15.1 Å². The largest absolute Gasteiger partial charge is 0.375 e. The second-order valence-electron chi connectivity index (χ2n) is 5.11. The number of nitrogens with zero attached hydrogens (tertiary/aromatic N) is 4. The summed E-state index contributed by atoms with van der Waals surface area (Å²) in [6.07, 6.45) is -0.00683. The molecule has 7 heteroatoms. The number of hydrogen-bond acceptors (Lipinski definition) is 7. The first-order valence-corrected chi connectivity index (χ1v) is 6.71. The number of morpholine rings is 1. The average molecular weight is 278 g/mol. The summed E-state index contributed by atoms with van der Waals surface area (Å²) in [6.45, 7) is 7.86. The van der Waals surface area contributed by atoms with Crippen molar-refractivity contribution in [3.05, 3.63) is 29.2 Å². The summed E-state index contributed by atoms with van der Waals surface area (Å²) < 4.78 is 16.3. The first-order valence-electron chi connectivity index (χ1n) is 6.71. The number of aryl methyl sites for hydroxylation is 2. The lowest BCUT2D eigenvalue weighted by Gasteiger charge is -2.36. The normalized spacial score (nSPS) is 24.1. The van der Waals surface area contributed by atoms with Gasteiger partial charge in [-0.1, -0.05) is 10.3 Å². The molecule has 0 bridgehead atoms. The van der Waals surface area contributed by atoms with Gasteiger partial charge < -0.3 is 13.8 Å². The highest BCUT2D eigenvalue weighted by Gasteiger charge is 2.35. The summed E-state index contributed by atoms with van der Waals surface area (Å²) in [6, 6.07) is 1.88. The standard InChI is InChI=1S/C13H18N4O3/c1-8-6-11(19-15-8)7-17-4-5-18-9(2)12(17)13-14-10(3)16-20-13/h6,9,12H,4-5,7H2,1-3H3/t9-,12+/m1/s1. The Morgan fingerprint density at radius 2 is 2.15 bits per heavy atom.